The Morgan fingerprint density at radius 3 is 2.53 bits per heavy atom. The number of hydrogen-bond donors (Lipinski definition) is 3. The molecule has 1 unspecified atom stereocenters. The molecule has 9 nitrogen and oxygen atoms in total. The number of fused-ring (bicyclic) bond motifs is 1. The van der Waals surface area contributed by atoms with Crippen molar-refractivity contribution in [3.8, 4) is 0 Å². The van der Waals surface area contributed by atoms with E-state index in [1.807, 2.05) is 0 Å². The van der Waals surface area contributed by atoms with E-state index in [0.717, 1.165) is 12.7 Å². The maximum atomic E-state index is 14.5. The highest BCUT2D eigenvalue weighted by molar-refractivity contribution is 7.90. The second-order valence-electron chi connectivity index (χ2n) is 8.90. The summed E-state index contributed by atoms with van der Waals surface area (Å²) in [6.07, 6.45) is 2.49. The molecule has 1 aromatic heterocycles. The molecule has 2 aromatic rings. The first kappa shape index (κ1) is 25.7. The number of rotatable bonds is 10. The smallest absolute Gasteiger partial charge is 0.273 e. The van der Waals surface area contributed by atoms with Gasteiger partial charge in [-0.05, 0) is 30.9 Å². The Labute approximate surface area is 187 Å². The van der Waals surface area contributed by atoms with E-state index in [-0.39, 0.29) is 23.5 Å². The Kier molecular flexibility index (Phi) is 8.35. The standard InChI is InChI=1S/C21H32FN5O4S/c1-21(2,3)18(20(29)24-11-13-32(4,30)31)25-19(28)16-14-8-7-9-15(22)17(14)27(26-16)12-6-5-10-23/h7-9,18H,5-6,10-13,23H2,1-4H3,(H,24,29)(H,25,28). The minimum Gasteiger partial charge on any atom is -0.353 e. The molecule has 0 saturated carbocycles. The van der Waals surface area contributed by atoms with E-state index >= 15 is 0 Å². The van der Waals surface area contributed by atoms with Crippen LogP contribution < -0.4 is 16.4 Å². The van der Waals surface area contributed by atoms with Crippen molar-refractivity contribution in [2.75, 3.05) is 25.1 Å². The van der Waals surface area contributed by atoms with Crippen LogP contribution in [0.1, 0.15) is 44.1 Å². The summed E-state index contributed by atoms with van der Waals surface area (Å²) in [6, 6.07) is 3.45. The molecule has 0 aliphatic rings. The van der Waals surface area contributed by atoms with E-state index in [4.69, 9.17) is 5.73 Å². The van der Waals surface area contributed by atoms with Gasteiger partial charge in [0.1, 0.15) is 27.2 Å². The van der Waals surface area contributed by atoms with Crippen molar-refractivity contribution >= 4 is 32.6 Å². The van der Waals surface area contributed by atoms with Crippen LogP contribution in [-0.2, 0) is 21.2 Å². The number of para-hydroxylation sites is 1. The van der Waals surface area contributed by atoms with E-state index in [1.54, 1.807) is 26.8 Å². The van der Waals surface area contributed by atoms with Crippen LogP contribution >= 0.6 is 0 Å². The van der Waals surface area contributed by atoms with Crippen LogP contribution in [0.4, 0.5) is 4.39 Å². The van der Waals surface area contributed by atoms with Gasteiger partial charge in [-0.3, -0.25) is 14.3 Å². The van der Waals surface area contributed by atoms with Gasteiger partial charge in [0.25, 0.3) is 5.91 Å². The van der Waals surface area contributed by atoms with Gasteiger partial charge in [0.2, 0.25) is 5.91 Å². The fourth-order valence-corrected chi connectivity index (χ4v) is 3.74. The quantitative estimate of drug-likeness (QED) is 0.448. The van der Waals surface area contributed by atoms with Crippen molar-refractivity contribution in [1.82, 2.24) is 20.4 Å². The molecule has 0 spiro atoms. The Hall–Kier alpha value is -2.53. The summed E-state index contributed by atoms with van der Waals surface area (Å²) in [5.41, 5.74) is 5.10. The molecule has 0 saturated heterocycles. The number of aryl methyl sites for hydroxylation is 1. The number of carbonyl (C=O) groups is 2. The van der Waals surface area contributed by atoms with E-state index in [0.29, 0.717) is 24.9 Å². The van der Waals surface area contributed by atoms with Crippen molar-refractivity contribution in [3.05, 3.63) is 29.7 Å². The molecule has 1 aromatic carbocycles. The first-order valence-electron chi connectivity index (χ1n) is 10.5. The molecule has 0 radical (unpaired) electrons. The maximum Gasteiger partial charge on any atom is 0.273 e. The van der Waals surface area contributed by atoms with Crippen LogP contribution in [0.2, 0.25) is 0 Å². The summed E-state index contributed by atoms with van der Waals surface area (Å²) < 4.78 is 38.6. The zero-order valence-electron chi connectivity index (χ0n) is 18.9. The van der Waals surface area contributed by atoms with Crippen LogP contribution in [0.25, 0.3) is 10.9 Å². The van der Waals surface area contributed by atoms with Gasteiger partial charge in [0, 0.05) is 24.7 Å². The number of hydrogen-bond acceptors (Lipinski definition) is 6. The molecule has 32 heavy (non-hydrogen) atoms. The van der Waals surface area contributed by atoms with Gasteiger partial charge in [0.15, 0.2) is 5.69 Å². The molecule has 4 N–H and O–H groups in total. The minimum atomic E-state index is -3.24. The lowest BCUT2D eigenvalue weighted by Gasteiger charge is -2.30. The highest BCUT2D eigenvalue weighted by Crippen LogP contribution is 2.24. The van der Waals surface area contributed by atoms with Crippen molar-refractivity contribution < 1.29 is 22.4 Å². The fraction of sp³-hybridized carbons (Fsp3) is 0.571. The van der Waals surface area contributed by atoms with Crippen LogP contribution in [0.3, 0.4) is 0 Å². The van der Waals surface area contributed by atoms with Gasteiger partial charge in [0.05, 0.1) is 5.75 Å². The Balaban J connectivity index is 2.29. The number of nitrogens with one attached hydrogen (secondary N) is 2. The third-order valence-electron chi connectivity index (χ3n) is 4.94. The lowest BCUT2D eigenvalue weighted by Crippen LogP contribution is -2.54. The summed E-state index contributed by atoms with van der Waals surface area (Å²) in [5, 5.41) is 9.92. The van der Waals surface area contributed by atoms with Gasteiger partial charge in [-0.1, -0.05) is 32.9 Å². The number of nitrogens with two attached hydrogens (primary N) is 1. The average Bonchev–Trinajstić information content (AvgIpc) is 3.04. The molecule has 0 aliphatic carbocycles. The van der Waals surface area contributed by atoms with Crippen molar-refractivity contribution in [1.29, 1.82) is 0 Å². The SMILES string of the molecule is CC(C)(C)C(NC(=O)c1nn(CCCCN)c2c(F)cccc12)C(=O)NCCS(C)(=O)=O. The zero-order valence-corrected chi connectivity index (χ0v) is 19.8. The molecule has 11 heteroatoms. The van der Waals surface area contributed by atoms with Crippen LogP contribution in [-0.4, -0.2) is 61.2 Å². The monoisotopic (exact) mass is 469 g/mol. The molecule has 0 aliphatic heterocycles. The molecular formula is C21H32FN5O4S. The fourth-order valence-electron chi connectivity index (χ4n) is 3.27. The lowest BCUT2D eigenvalue weighted by atomic mass is 9.86. The average molecular weight is 470 g/mol. The topological polar surface area (TPSA) is 136 Å². The second-order valence-corrected chi connectivity index (χ2v) is 11.2. The van der Waals surface area contributed by atoms with Gasteiger partial charge in [-0.15, -0.1) is 0 Å². The largest absolute Gasteiger partial charge is 0.353 e. The third kappa shape index (κ3) is 6.73. The van der Waals surface area contributed by atoms with Gasteiger partial charge >= 0.3 is 0 Å². The Morgan fingerprint density at radius 2 is 1.94 bits per heavy atom. The Morgan fingerprint density at radius 1 is 1.25 bits per heavy atom. The molecular weight excluding hydrogens is 437 g/mol. The molecule has 1 heterocycles. The molecule has 0 fully saturated rings. The van der Waals surface area contributed by atoms with E-state index < -0.39 is 38.9 Å². The summed E-state index contributed by atoms with van der Waals surface area (Å²) >= 11 is 0. The van der Waals surface area contributed by atoms with Gasteiger partial charge in [-0.2, -0.15) is 5.10 Å². The van der Waals surface area contributed by atoms with Gasteiger partial charge in [-0.25, -0.2) is 12.8 Å². The van der Waals surface area contributed by atoms with E-state index in [2.05, 4.69) is 15.7 Å². The predicted molar refractivity (Wildman–Crippen MR) is 121 cm³/mol. The first-order chi connectivity index (χ1) is 14.8. The van der Waals surface area contributed by atoms with E-state index in [9.17, 15) is 22.4 Å². The number of sulfone groups is 1. The van der Waals surface area contributed by atoms with Gasteiger partial charge < -0.3 is 16.4 Å². The van der Waals surface area contributed by atoms with E-state index in [1.165, 1.54) is 16.8 Å². The third-order valence-corrected chi connectivity index (χ3v) is 5.88. The highest BCUT2D eigenvalue weighted by Gasteiger charge is 2.34. The molecule has 1 atom stereocenters. The summed E-state index contributed by atoms with van der Waals surface area (Å²) in [6.45, 7) is 6.16. The number of nitrogens with zero attached hydrogens (tertiary/aromatic N) is 2. The minimum absolute atomic E-state index is 0.0189. The number of benzene rings is 1. The molecule has 2 rings (SSSR count). The van der Waals surface area contributed by atoms with Crippen molar-refractivity contribution in [2.24, 2.45) is 11.1 Å². The summed E-state index contributed by atoms with van der Waals surface area (Å²) in [4.78, 5) is 25.8. The molecule has 2 amide bonds. The number of aromatic nitrogens is 2. The van der Waals surface area contributed by atoms with Crippen molar-refractivity contribution in [2.45, 2.75) is 46.2 Å². The first-order valence-corrected chi connectivity index (χ1v) is 12.5. The van der Waals surface area contributed by atoms with Crippen LogP contribution in [0, 0.1) is 11.2 Å². The number of amides is 2. The lowest BCUT2D eigenvalue weighted by molar-refractivity contribution is -0.125. The Bertz CT molecular complexity index is 1080. The number of carbonyl (C=O) groups excluding carboxylic acids is 2. The predicted octanol–water partition coefficient (Wildman–Crippen LogP) is 1.22. The normalized spacial score (nSPS) is 13.2. The van der Waals surface area contributed by atoms with Crippen molar-refractivity contribution in [3.63, 3.8) is 0 Å². The van der Waals surface area contributed by atoms with Crippen LogP contribution in [0.5, 0.6) is 0 Å². The highest BCUT2D eigenvalue weighted by atomic mass is 32.2. The number of unbranched alkanes of at least 4 members (excludes halogenated alkanes) is 1. The van der Waals surface area contributed by atoms with Crippen LogP contribution in [0.15, 0.2) is 18.2 Å². The molecule has 178 valence electrons. The number of halogens is 1. The second kappa shape index (κ2) is 10.4. The maximum absolute atomic E-state index is 14.5. The summed E-state index contributed by atoms with van der Waals surface area (Å²) in [7, 11) is -3.24. The molecule has 0 bridgehead atoms. The zero-order chi connectivity index (χ0) is 24.1. The summed E-state index contributed by atoms with van der Waals surface area (Å²) in [5.74, 6) is -1.82.